The zero-order valence-electron chi connectivity index (χ0n) is 14.8. The van der Waals surface area contributed by atoms with Crippen LogP contribution in [0.3, 0.4) is 0 Å². The molecule has 7 nitrogen and oxygen atoms in total. The second kappa shape index (κ2) is 5.91. The monoisotopic (exact) mass is 356 g/mol. The molecule has 0 unspecified atom stereocenters. The fourth-order valence-electron chi connectivity index (χ4n) is 3.14. The molecule has 5 rings (SSSR count). The summed E-state index contributed by atoms with van der Waals surface area (Å²) in [5.74, 6) is 2.37. The van der Waals surface area contributed by atoms with Gasteiger partial charge in [0.2, 0.25) is 0 Å². The van der Waals surface area contributed by atoms with Gasteiger partial charge in [-0.25, -0.2) is 9.97 Å². The van der Waals surface area contributed by atoms with Gasteiger partial charge in [0.25, 0.3) is 0 Å². The molecule has 0 aliphatic heterocycles. The molecule has 0 spiro atoms. The second-order valence-corrected chi connectivity index (χ2v) is 6.40. The van der Waals surface area contributed by atoms with Crippen LogP contribution in [0.25, 0.3) is 33.3 Å². The number of aromatic amines is 2. The highest BCUT2D eigenvalue weighted by atomic mass is 16.5. The second-order valence-electron chi connectivity index (χ2n) is 6.40. The lowest BCUT2D eigenvalue weighted by molar-refractivity contribution is 0.480. The first-order chi connectivity index (χ1) is 13.2. The molecule has 0 aliphatic carbocycles. The zero-order chi connectivity index (χ0) is 18.4. The quantitative estimate of drug-likeness (QED) is 0.503. The minimum atomic E-state index is 0.743. The van der Waals surface area contributed by atoms with E-state index >= 15 is 0 Å². The van der Waals surface area contributed by atoms with Crippen LogP contribution < -0.4 is 4.74 Å². The predicted molar refractivity (Wildman–Crippen MR) is 103 cm³/mol. The molecular weight excluding hydrogens is 340 g/mol. The Labute approximate surface area is 154 Å². The Bertz CT molecular complexity index is 1270. The Morgan fingerprint density at radius 2 is 1.85 bits per heavy atom. The van der Waals surface area contributed by atoms with Crippen LogP contribution >= 0.6 is 0 Å². The van der Waals surface area contributed by atoms with Crippen LogP contribution in [0.5, 0.6) is 11.5 Å². The van der Waals surface area contributed by atoms with Gasteiger partial charge in [0.1, 0.15) is 17.3 Å². The molecule has 0 saturated heterocycles. The van der Waals surface area contributed by atoms with Crippen molar-refractivity contribution in [2.45, 2.75) is 13.8 Å². The van der Waals surface area contributed by atoms with Crippen molar-refractivity contribution in [1.29, 1.82) is 0 Å². The Hall–Kier alpha value is -3.74. The van der Waals surface area contributed by atoms with Gasteiger partial charge in [-0.15, -0.1) is 0 Å². The summed E-state index contributed by atoms with van der Waals surface area (Å²) in [4.78, 5) is 16.9. The van der Waals surface area contributed by atoms with E-state index in [0.29, 0.717) is 0 Å². The maximum absolute atomic E-state index is 6.13. The Morgan fingerprint density at radius 1 is 0.963 bits per heavy atom. The van der Waals surface area contributed by atoms with Crippen molar-refractivity contribution >= 4 is 22.1 Å². The fourth-order valence-corrected chi connectivity index (χ4v) is 3.14. The number of rotatable bonds is 3. The first kappa shape index (κ1) is 15.5. The number of nitrogens with one attached hydrogen (secondary N) is 2. The molecule has 132 valence electrons. The number of aromatic nitrogens is 6. The number of benzene rings is 2. The van der Waals surface area contributed by atoms with Crippen molar-refractivity contribution in [3.63, 3.8) is 0 Å². The first-order valence-electron chi connectivity index (χ1n) is 8.57. The van der Waals surface area contributed by atoms with Crippen LogP contribution in [-0.2, 0) is 0 Å². The summed E-state index contributed by atoms with van der Waals surface area (Å²) in [6.07, 6.45) is 5.28. The van der Waals surface area contributed by atoms with E-state index in [4.69, 9.17) is 9.72 Å². The standard InChI is InChI=1S/C20H16N6O/c1-11-19(27-14-3-4-15-17(7-14)25-12(2)24-15)6-5-16-20(11)26-18(10-21-16)13-8-22-23-9-13/h3-10H,1-2H3,(H,22,23)(H,24,25). The van der Waals surface area contributed by atoms with Crippen LogP contribution in [-0.4, -0.2) is 30.1 Å². The molecule has 0 fully saturated rings. The third-order valence-electron chi connectivity index (χ3n) is 4.51. The number of hydrogen-bond acceptors (Lipinski definition) is 5. The third kappa shape index (κ3) is 2.69. The maximum Gasteiger partial charge on any atom is 0.132 e. The van der Waals surface area contributed by atoms with E-state index < -0.39 is 0 Å². The van der Waals surface area contributed by atoms with E-state index in [0.717, 1.165) is 56.2 Å². The van der Waals surface area contributed by atoms with Gasteiger partial charge >= 0.3 is 0 Å². The van der Waals surface area contributed by atoms with Gasteiger partial charge in [-0.2, -0.15) is 5.10 Å². The molecule has 3 aromatic heterocycles. The van der Waals surface area contributed by atoms with Crippen LogP contribution in [0.2, 0.25) is 0 Å². The van der Waals surface area contributed by atoms with Gasteiger partial charge in [0.15, 0.2) is 0 Å². The van der Waals surface area contributed by atoms with E-state index in [2.05, 4.69) is 25.1 Å². The van der Waals surface area contributed by atoms with Gasteiger partial charge in [0.05, 0.1) is 40.2 Å². The number of nitrogens with zero attached hydrogens (tertiary/aromatic N) is 4. The molecule has 0 radical (unpaired) electrons. The highest BCUT2D eigenvalue weighted by Gasteiger charge is 2.11. The largest absolute Gasteiger partial charge is 0.457 e. The van der Waals surface area contributed by atoms with Gasteiger partial charge in [0, 0.05) is 23.4 Å². The normalized spacial score (nSPS) is 11.3. The van der Waals surface area contributed by atoms with Gasteiger partial charge < -0.3 is 9.72 Å². The molecule has 0 aliphatic rings. The Balaban J connectivity index is 1.56. The summed E-state index contributed by atoms with van der Waals surface area (Å²) in [5.41, 5.74) is 6.11. The lowest BCUT2D eigenvalue weighted by atomic mass is 10.1. The highest BCUT2D eigenvalue weighted by Crippen LogP contribution is 2.31. The molecule has 0 saturated carbocycles. The van der Waals surface area contributed by atoms with Crippen LogP contribution in [0, 0.1) is 13.8 Å². The van der Waals surface area contributed by atoms with Crippen LogP contribution in [0.4, 0.5) is 0 Å². The van der Waals surface area contributed by atoms with Crippen molar-refractivity contribution in [2.75, 3.05) is 0 Å². The van der Waals surface area contributed by atoms with E-state index in [9.17, 15) is 0 Å². The summed E-state index contributed by atoms with van der Waals surface area (Å²) in [6, 6.07) is 9.66. The molecule has 5 aromatic rings. The number of fused-ring (bicyclic) bond motifs is 2. The Kier molecular flexibility index (Phi) is 3.39. The number of ether oxygens (including phenoxy) is 1. The summed E-state index contributed by atoms with van der Waals surface area (Å²) in [5, 5.41) is 6.78. The highest BCUT2D eigenvalue weighted by molar-refractivity contribution is 5.82. The zero-order valence-corrected chi connectivity index (χ0v) is 14.8. The third-order valence-corrected chi connectivity index (χ3v) is 4.51. The van der Waals surface area contributed by atoms with E-state index in [1.54, 1.807) is 18.6 Å². The lowest BCUT2D eigenvalue weighted by Gasteiger charge is -2.11. The van der Waals surface area contributed by atoms with Gasteiger partial charge in [-0.05, 0) is 38.1 Å². The van der Waals surface area contributed by atoms with Crippen LogP contribution in [0.15, 0.2) is 48.9 Å². The summed E-state index contributed by atoms with van der Waals surface area (Å²) >= 11 is 0. The van der Waals surface area contributed by atoms with E-state index in [1.807, 2.05) is 44.2 Å². The maximum atomic E-state index is 6.13. The number of imidazole rings is 1. The predicted octanol–water partition coefficient (Wildman–Crippen LogP) is 4.31. The first-order valence-corrected chi connectivity index (χ1v) is 8.57. The molecule has 2 aromatic carbocycles. The topological polar surface area (TPSA) is 92.4 Å². The average molecular weight is 356 g/mol. The van der Waals surface area contributed by atoms with Crippen molar-refractivity contribution < 1.29 is 4.74 Å². The SMILES string of the molecule is Cc1nc2ccc(Oc3ccc4ncc(-c5cn[nH]c5)nc4c3C)cc2[nH]1. The van der Waals surface area contributed by atoms with Gasteiger partial charge in [-0.3, -0.25) is 10.1 Å². The average Bonchev–Trinajstić information content (AvgIpc) is 3.32. The van der Waals surface area contributed by atoms with E-state index in [1.165, 1.54) is 0 Å². The number of H-pyrrole nitrogens is 2. The molecule has 2 N–H and O–H groups in total. The van der Waals surface area contributed by atoms with Gasteiger partial charge in [-0.1, -0.05) is 0 Å². The summed E-state index contributed by atoms with van der Waals surface area (Å²) in [6.45, 7) is 3.93. The number of aryl methyl sites for hydroxylation is 2. The smallest absolute Gasteiger partial charge is 0.132 e. The Morgan fingerprint density at radius 3 is 2.70 bits per heavy atom. The van der Waals surface area contributed by atoms with E-state index in [-0.39, 0.29) is 0 Å². The molecule has 0 bridgehead atoms. The minimum absolute atomic E-state index is 0.743. The summed E-state index contributed by atoms with van der Waals surface area (Å²) < 4.78 is 6.13. The minimum Gasteiger partial charge on any atom is -0.457 e. The molecule has 0 atom stereocenters. The molecule has 27 heavy (non-hydrogen) atoms. The van der Waals surface area contributed by atoms with Crippen molar-refractivity contribution in [1.82, 2.24) is 30.1 Å². The van der Waals surface area contributed by atoms with Crippen molar-refractivity contribution in [2.24, 2.45) is 0 Å². The van der Waals surface area contributed by atoms with Crippen molar-refractivity contribution in [3.8, 4) is 22.8 Å². The summed E-state index contributed by atoms with van der Waals surface area (Å²) in [7, 11) is 0. The lowest BCUT2D eigenvalue weighted by Crippen LogP contribution is -1.94. The molecule has 0 amide bonds. The van der Waals surface area contributed by atoms with Crippen LogP contribution in [0.1, 0.15) is 11.4 Å². The fraction of sp³-hybridized carbons (Fsp3) is 0.100. The van der Waals surface area contributed by atoms with Crippen molar-refractivity contribution in [3.05, 3.63) is 60.3 Å². The molecular formula is C20H16N6O. The molecule has 3 heterocycles. The number of hydrogen-bond donors (Lipinski definition) is 2. The molecule has 7 heteroatoms.